The quantitative estimate of drug-likeness (QED) is 0.417. The second kappa shape index (κ2) is 7.10. The van der Waals surface area contributed by atoms with E-state index in [0.717, 1.165) is 31.7 Å². The van der Waals surface area contributed by atoms with Crippen molar-refractivity contribution in [3.05, 3.63) is 6.04 Å². The van der Waals surface area contributed by atoms with Crippen molar-refractivity contribution in [2.45, 2.75) is 64.2 Å². The van der Waals surface area contributed by atoms with E-state index >= 15 is 0 Å². The first kappa shape index (κ1) is 14.6. The highest BCUT2D eigenvalue weighted by molar-refractivity contribution is 5.74. The van der Waals surface area contributed by atoms with Gasteiger partial charge in [0.25, 0.3) is 0 Å². The summed E-state index contributed by atoms with van der Waals surface area (Å²) in [4.78, 5) is 11.8. The molecule has 5 N–H and O–H groups in total. The molecule has 2 fully saturated rings. The Morgan fingerprint density at radius 3 is 1.68 bits per heavy atom. The highest BCUT2D eigenvalue weighted by Gasteiger charge is 2.37. The van der Waals surface area contributed by atoms with E-state index in [1.165, 1.54) is 43.5 Å². The molecule has 0 unspecified atom stereocenters. The number of urea groups is 1. The van der Waals surface area contributed by atoms with Crippen LogP contribution in [0.1, 0.15) is 64.2 Å². The Bertz CT molecular complexity index is 267. The first-order valence-electron chi connectivity index (χ1n) is 7.66. The fraction of sp³-hybridized carbons (Fsp3) is 0.857. The summed E-state index contributed by atoms with van der Waals surface area (Å²) in [6, 6.07) is 0.758. The van der Waals surface area contributed by atoms with Gasteiger partial charge in [0.15, 0.2) is 0 Å². The third-order valence-corrected chi connectivity index (χ3v) is 4.67. The van der Waals surface area contributed by atoms with Gasteiger partial charge in [0.05, 0.1) is 6.04 Å². The van der Waals surface area contributed by atoms with Gasteiger partial charge in [0.1, 0.15) is 0 Å². The van der Waals surface area contributed by atoms with Crippen LogP contribution < -0.4 is 17.1 Å². The van der Waals surface area contributed by atoms with Crippen LogP contribution in [0, 0.1) is 17.9 Å². The molecule has 0 saturated heterocycles. The Hall–Kier alpha value is -0.810. The largest absolute Gasteiger partial charge is 0.346 e. The van der Waals surface area contributed by atoms with Crippen LogP contribution in [0.4, 0.5) is 4.79 Å². The smallest absolute Gasteiger partial charge is 0.275 e. The van der Waals surface area contributed by atoms with Gasteiger partial charge in [-0.15, -0.1) is 0 Å². The highest BCUT2D eigenvalue weighted by Crippen LogP contribution is 2.42. The van der Waals surface area contributed by atoms with Gasteiger partial charge in [-0.3, -0.25) is 10.4 Å². The molecule has 5 heteroatoms. The van der Waals surface area contributed by atoms with Gasteiger partial charge < -0.3 is 0 Å². The van der Waals surface area contributed by atoms with Crippen LogP contribution in [0.3, 0.4) is 0 Å². The molecule has 2 rings (SSSR count). The molecule has 19 heavy (non-hydrogen) atoms. The molecule has 2 saturated carbocycles. The minimum absolute atomic E-state index is 0.383. The van der Waals surface area contributed by atoms with E-state index in [-0.39, 0.29) is 6.03 Å². The topological polar surface area (TPSA) is 84.4 Å². The summed E-state index contributed by atoms with van der Waals surface area (Å²) >= 11 is 0. The molecule has 2 aliphatic carbocycles. The Labute approximate surface area is 116 Å². The summed E-state index contributed by atoms with van der Waals surface area (Å²) in [7, 11) is 0. The molecule has 109 valence electrons. The van der Waals surface area contributed by atoms with Crippen molar-refractivity contribution in [3.63, 3.8) is 0 Å². The van der Waals surface area contributed by atoms with Gasteiger partial charge in [-0.25, -0.2) is 16.5 Å². The zero-order valence-corrected chi connectivity index (χ0v) is 11.7. The van der Waals surface area contributed by atoms with Crippen molar-refractivity contribution in [1.29, 1.82) is 0 Å². The number of amides is 2. The van der Waals surface area contributed by atoms with Gasteiger partial charge in [-0.05, 0) is 37.5 Å². The van der Waals surface area contributed by atoms with E-state index in [1.54, 1.807) is 0 Å². The van der Waals surface area contributed by atoms with Gasteiger partial charge in [-0.2, -0.15) is 0 Å². The third kappa shape index (κ3) is 3.60. The fourth-order valence-electron chi connectivity index (χ4n) is 3.71. The van der Waals surface area contributed by atoms with Crippen molar-refractivity contribution < 1.29 is 4.79 Å². The van der Waals surface area contributed by atoms with Crippen molar-refractivity contribution in [1.82, 2.24) is 10.4 Å². The van der Waals surface area contributed by atoms with E-state index in [4.69, 9.17) is 11.7 Å². The lowest BCUT2D eigenvalue weighted by atomic mass is 9.73. The molecule has 0 heterocycles. The molecule has 1 radical (unpaired) electrons. The number of hydrogen-bond donors (Lipinski definition) is 3. The number of rotatable bonds is 3. The molecule has 2 aliphatic rings. The minimum Gasteiger partial charge on any atom is -0.275 e. The molecular weight excluding hydrogens is 240 g/mol. The zero-order valence-electron chi connectivity index (χ0n) is 11.7. The van der Waals surface area contributed by atoms with E-state index in [2.05, 4.69) is 5.43 Å². The van der Waals surface area contributed by atoms with Crippen molar-refractivity contribution in [3.8, 4) is 0 Å². The lowest BCUT2D eigenvalue weighted by Crippen LogP contribution is -2.53. The molecule has 2 amide bonds. The van der Waals surface area contributed by atoms with Crippen molar-refractivity contribution in [2.75, 3.05) is 0 Å². The first-order valence-corrected chi connectivity index (χ1v) is 7.66. The van der Waals surface area contributed by atoms with Gasteiger partial charge in [0, 0.05) is 0 Å². The highest BCUT2D eigenvalue weighted by atomic mass is 16.2. The summed E-state index contributed by atoms with van der Waals surface area (Å²) < 4.78 is 0. The Morgan fingerprint density at radius 1 is 0.895 bits per heavy atom. The second-order valence-corrected chi connectivity index (χ2v) is 5.91. The van der Waals surface area contributed by atoms with E-state index < -0.39 is 0 Å². The molecule has 0 aromatic rings. The maximum atomic E-state index is 11.8. The first-order chi connectivity index (χ1) is 9.24. The number of hydrogen-bond acceptors (Lipinski definition) is 3. The Morgan fingerprint density at radius 2 is 1.32 bits per heavy atom. The molecule has 0 aromatic heterocycles. The van der Waals surface area contributed by atoms with E-state index in [9.17, 15) is 4.79 Å². The van der Waals surface area contributed by atoms with Gasteiger partial charge in [0.2, 0.25) is 0 Å². The van der Waals surface area contributed by atoms with Crippen molar-refractivity contribution >= 4 is 6.03 Å². The number of nitrogens with two attached hydrogens (primary N) is 2. The Kier molecular flexibility index (Phi) is 5.45. The standard InChI is InChI=1S/C14H27N4O/c15-17-14(19)18(16)13(11-7-3-1-4-8-11)12-9-5-2-6-10-12/h11-12H,1-10,15-16H2,(H,17,19). The summed E-state index contributed by atoms with van der Waals surface area (Å²) in [6.45, 7) is 0. The summed E-state index contributed by atoms with van der Waals surface area (Å²) in [5.74, 6) is 12.2. The molecule has 0 aromatic carbocycles. The monoisotopic (exact) mass is 267 g/mol. The minimum atomic E-state index is -0.383. The lowest BCUT2D eigenvalue weighted by Gasteiger charge is -2.41. The molecule has 0 atom stereocenters. The molecule has 0 spiro atoms. The molecule has 0 aliphatic heterocycles. The SMILES string of the molecule is NNC(=O)N(N)[C](C1CCCCC1)C1CCCCC1. The van der Waals surface area contributed by atoms with Gasteiger partial charge >= 0.3 is 6.03 Å². The Balaban J connectivity index is 2.08. The summed E-state index contributed by atoms with van der Waals surface area (Å²) in [5.41, 5.74) is 2.16. The summed E-state index contributed by atoms with van der Waals surface area (Å²) in [6.07, 6.45) is 12.3. The molecular formula is C14H27N4O. The summed E-state index contributed by atoms with van der Waals surface area (Å²) in [5, 5.41) is 1.31. The lowest BCUT2D eigenvalue weighted by molar-refractivity contribution is 0.144. The van der Waals surface area contributed by atoms with Crippen LogP contribution in [0.15, 0.2) is 0 Å². The average Bonchev–Trinajstić information content (AvgIpc) is 2.49. The van der Waals surface area contributed by atoms with Crippen molar-refractivity contribution in [2.24, 2.45) is 23.5 Å². The number of hydrazine groups is 2. The predicted molar refractivity (Wildman–Crippen MR) is 75.1 cm³/mol. The normalized spacial score (nSPS) is 22.5. The van der Waals surface area contributed by atoms with Crippen LogP contribution in [0.2, 0.25) is 0 Å². The maximum Gasteiger partial charge on any atom is 0.346 e. The average molecular weight is 267 g/mol. The van der Waals surface area contributed by atoms with Crippen LogP contribution in [-0.2, 0) is 0 Å². The zero-order chi connectivity index (χ0) is 13.7. The van der Waals surface area contributed by atoms with E-state index in [1.807, 2.05) is 0 Å². The molecule has 5 nitrogen and oxygen atoms in total. The third-order valence-electron chi connectivity index (χ3n) is 4.67. The maximum absolute atomic E-state index is 11.8. The predicted octanol–water partition coefficient (Wildman–Crippen LogP) is 2.44. The van der Waals surface area contributed by atoms with E-state index in [0.29, 0.717) is 11.8 Å². The number of nitrogens with one attached hydrogen (secondary N) is 1. The number of carbonyl (C=O) groups is 1. The number of carbonyl (C=O) groups excluding carboxylic acids is 1. The van der Waals surface area contributed by atoms with Gasteiger partial charge in [-0.1, -0.05) is 38.5 Å². The second-order valence-electron chi connectivity index (χ2n) is 5.91. The van der Waals surface area contributed by atoms with Crippen LogP contribution in [0.25, 0.3) is 0 Å². The van der Waals surface area contributed by atoms with Crippen LogP contribution >= 0.6 is 0 Å². The van der Waals surface area contributed by atoms with Crippen LogP contribution in [0.5, 0.6) is 0 Å². The van der Waals surface area contributed by atoms with Crippen LogP contribution in [-0.4, -0.2) is 11.0 Å². The fourth-order valence-corrected chi connectivity index (χ4v) is 3.71. The molecule has 0 bridgehead atoms. The number of nitrogens with zero attached hydrogens (tertiary/aromatic N) is 1.